The van der Waals surface area contributed by atoms with E-state index in [2.05, 4.69) is 50.9 Å². The summed E-state index contributed by atoms with van der Waals surface area (Å²) in [5.41, 5.74) is 10.4. The molecule has 0 heterocycles. The number of rotatable bonds is 4. The molecule has 0 bridgehead atoms. The SMILES string of the molecule is CCC1CCCC1(CN)N(C)c1cc(C)cc(C)c1. The van der Waals surface area contributed by atoms with Gasteiger partial charge in [0.1, 0.15) is 0 Å². The maximum absolute atomic E-state index is 6.21. The highest BCUT2D eigenvalue weighted by atomic mass is 15.2. The second-order valence-electron chi connectivity index (χ2n) is 6.21. The summed E-state index contributed by atoms with van der Waals surface area (Å²) in [6.07, 6.45) is 5.09. The molecule has 1 aliphatic rings. The molecular weight excluding hydrogens is 232 g/mol. The molecule has 1 fully saturated rings. The van der Waals surface area contributed by atoms with E-state index in [4.69, 9.17) is 5.73 Å². The summed E-state index contributed by atoms with van der Waals surface area (Å²) >= 11 is 0. The average molecular weight is 260 g/mol. The summed E-state index contributed by atoms with van der Waals surface area (Å²) < 4.78 is 0. The van der Waals surface area contributed by atoms with E-state index in [1.165, 1.54) is 42.5 Å². The Labute approximate surface area is 118 Å². The average Bonchev–Trinajstić information content (AvgIpc) is 2.80. The van der Waals surface area contributed by atoms with Crippen molar-refractivity contribution in [3.05, 3.63) is 29.3 Å². The summed E-state index contributed by atoms with van der Waals surface area (Å²) in [4.78, 5) is 2.47. The second-order valence-corrected chi connectivity index (χ2v) is 6.21. The summed E-state index contributed by atoms with van der Waals surface area (Å²) in [6, 6.07) is 6.81. The monoisotopic (exact) mass is 260 g/mol. The van der Waals surface area contributed by atoms with Crippen molar-refractivity contribution in [3.63, 3.8) is 0 Å². The summed E-state index contributed by atoms with van der Waals surface area (Å²) in [5.74, 6) is 0.725. The van der Waals surface area contributed by atoms with Crippen molar-refractivity contribution in [2.75, 3.05) is 18.5 Å². The Bertz CT molecular complexity index is 421. The largest absolute Gasteiger partial charge is 0.367 e. The number of anilines is 1. The van der Waals surface area contributed by atoms with Gasteiger partial charge in [-0.1, -0.05) is 25.8 Å². The zero-order valence-electron chi connectivity index (χ0n) is 12.9. The first kappa shape index (κ1) is 14.4. The first-order valence-corrected chi connectivity index (χ1v) is 7.55. The van der Waals surface area contributed by atoms with Crippen LogP contribution in [0, 0.1) is 19.8 Å². The smallest absolute Gasteiger partial charge is 0.0548 e. The van der Waals surface area contributed by atoms with Gasteiger partial charge in [-0.15, -0.1) is 0 Å². The van der Waals surface area contributed by atoms with Gasteiger partial charge in [0.25, 0.3) is 0 Å². The van der Waals surface area contributed by atoms with E-state index < -0.39 is 0 Å². The van der Waals surface area contributed by atoms with E-state index >= 15 is 0 Å². The summed E-state index contributed by atoms with van der Waals surface area (Å²) in [7, 11) is 2.23. The Hall–Kier alpha value is -1.02. The van der Waals surface area contributed by atoms with Crippen LogP contribution in [0.1, 0.15) is 43.7 Å². The molecule has 19 heavy (non-hydrogen) atoms. The standard InChI is InChI=1S/C17H28N2/c1-5-15-7-6-8-17(15,12-18)19(4)16-10-13(2)9-14(3)11-16/h9-11,15H,5-8,12,18H2,1-4H3. The molecule has 0 radical (unpaired) electrons. The third-order valence-corrected chi connectivity index (χ3v) is 5.03. The van der Waals surface area contributed by atoms with E-state index in [1.807, 2.05) is 0 Å². The number of hydrogen-bond donors (Lipinski definition) is 1. The Morgan fingerprint density at radius 3 is 2.42 bits per heavy atom. The maximum Gasteiger partial charge on any atom is 0.0548 e. The van der Waals surface area contributed by atoms with Gasteiger partial charge in [-0.2, -0.15) is 0 Å². The van der Waals surface area contributed by atoms with Crippen LogP contribution in [-0.4, -0.2) is 19.1 Å². The molecule has 2 rings (SSSR count). The van der Waals surface area contributed by atoms with Crippen LogP contribution < -0.4 is 10.6 Å². The lowest BCUT2D eigenvalue weighted by atomic mass is 9.83. The first-order chi connectivity index (χ1) is 9.03. The van der Waals surface area contributed by atoms with Gasteiger partial charge in [-0.05, 0) is 55.9 Å². The Morgan fingerprint density at radius 2 is 1.89 bits per heavy atom. The molecule has 2 unspecified atom stereocenters. The molecule has 106 valence electrons. The van der Waals surface area contributed by atoms with E-state index in [1.54, 1.807) is 0 Å². The van der Waals surface area contributed by atoms with E-state index in [0.29, 0.717) is 0 Å². The van der Waals surface area contributed by atoms with Crippen molar-refractivity contribution in [2.45, 2.75) is 52.0 Å². The van der Waals surface area contributed by atoms with Crippen LogP contribution in [-0.2, 0) is 0 Å². The highest BCUT2D eigenvalue weighted by Gasteiger charge is 2.44. The number of nitrogens with two attached hydrogens (primary N) is 1. The molecule has 1 aromatic rings. The summed E-state index contributed by atoms with van der Waals surface area (Å²) in [6.45, 7) is 7.40. The molecule has 2 N–H and O–H groups in total. The predicted octanol–water partition coefficient (Wildman–Crippen LogP) is 3.65. The zero-order valence-corrected chi connectivity index (χ0v) is 12.9. The molecule has 2 nitrogen and oxygen atoms in total. The molecule has 2 atom stereocenters. The molecule has 0 saturated heterocycles. The van der Waals surface area contributed by atoms with Crippen LogP contribution in [0.5, 0.6) is 0 Å². The predicted molar refractivity (Wildman–Crippen MR) is 83.7 cm³/mol. The molecule has 0 aliphatic heterocycles. The van der Waals surface area contributed by atoms with Crippen molar-refractivity contribution < 1.29 is 0 Å². The van der Waals surface area contributed by atoms with E-state index in [-0.39, 0.29) is 5.54 Å². The van der Waals surface area contributed by atoms with Crippen LogP contribution in [0.2, 0.25) is 0 Å². The number of likely N-dealkylation sites (N-methyl/N-ethyl adjacent to an activating group) is 1. The molecule has 1 aliphatic carbocycles. The second kappa shape index (κ2) is 5.54. The van der Waals surface area contributed by atoms with Crippen LogP contribution in [0.25, 0.3) is 0 Å². The Kier molecular flexibility index (Phi) is 4.19. The topological polar surface area (TPSA) is 29.3 Å². The fraction of sp³-hybridized carbons (Fsp3) is 0.647. The van der Waals surface area contributed by atoms with Crippen molar-refractivity contribution in [1.29, 1.82) is 0 Å². The first-order valence-electron chi connectivity index (χ1n) is 7.55. The minimum absolute atomic E-state index is 0.162. The lowest BCUT2D eigenvalue weighted by Gasteiger charge is -2.44. The number of benzene rings is 1. The van der Waals surface area contributed by atoms with Crippen molar-refractivity contribution in [3.8, 4) is 0 Å². The Balaban J connectivity index is 2.37. The van der Waals surface area contributed by atoms with Gasteiger partial charge >= 0.3 is 0 Å². The minimum atomic E-state index is 0.162. The van der Waals surface area contributed by atoms with Gasteiger partial charge in [-0.3, -0.25) is 0 Å². The molecule has 0 amide bonds. The van der Waals surface area contributed by atoms with Gasteiger partial charge < -0.3 is 10.6 Å². The van der Waals surface area contributed by atoms with Crippen molar-refractivity contribution in [1.82, 2.24) is 0 Å². The lowest BCUT2D eigenvalue weighted by molar-refractivity contribution is 0.303. The van der Waals surface area contributed by atoms with Crippen LogP contribution in [0.3, 0.4) is 0 Å². The number of aryl methyl sites for hydroxylation is 2. The van der Waals surface area contributed by atoms with E-state index in [9.17, 15) is 0 Å². The van der Waals surface area contributed by atoms with Crippen LogP contribution in [0.15, 0.2) is 18.2 Å². The fourth-order valence-electron chi connectivity index (χ4n) is 3.96. The third kappa shape index (κ3) is 2.51. The Morgan fingerprint density at radius 1 is 1.26 bits per heavy atom. The highest BCUT2D eigenvalue weighted by Crippen LogP contribution is 2.43. The van der Waals surface area contributed by atoms with Crippen molar-refractivity contribution >= 4 is 5.69 Å². The third-order valence-electron chi connectivity index (χ3n) is 5.03. The normalized spacial score (nSPS) is 26.7. The van der Waals surface area contributed by atoms with Crippen LogP contribution in [0.4, 0.5) is 5.69 Å². The van der Waals surface area contributed by atoms with Crippen molar-refractivity contribution in [2.24, 2.45) is 11.7 Å². The maximum atomic E-state index is 6.21. The number of nitrogens with zero attached hydrogens (tertiary/aromatic N) is 1. The molecule has 0 aromatic heterocycles. The van der Waals surface area contributed by atoms with Gasteiger partial charge in [0.2, 0.25) is 0 Å². The minimum Gasteiger partial charge on any atom is -0.367 e. The van der Waals surface area contributed by atoms with Crippen LogP contribution >= 0.6 is 0 Å². The van der Waals surface area contributed by atoms with Gasteiger partial charge in [0, 0.05) is 19.3 Å². The lowest BCUT2D eigenvalue weighted by Crippen LogP contribution is -2.55. The molecule has 1 saturated carbocycles. The zero-order chi connectivity index (χ0) is 14.0. The molecule has 2 heteroatoms. The molecular formula is C17H28N2. The molecule has 1 aromatic carbocycles. The van der Waals surface area contributed by atoms with E-state index in [0.717, 1.165) is 12.5 Å². The summed E-state index contributed by atoms with van der Waals surface area (Å²) in [5, 5.41) is 0. The van der Waals surface area contributed by atoms with Gasteiger partial charge in [0.05, 0.1) is 5.54 Å². The van der Waals surface area contributed by atoms with Gasteiger partial charge in [0.15, 0.2) is 0 Å². The molecule has 0 spiro atoms. The number of hydrogen-bond acceptors (Lipinski definition) is 2. The van der Waals surface area contributed by atoms with Gasteiger partial charge in [-0.25, -0.2) is 0 Å². The fourth-order valence-corrected chi connectivity index (χ4v) is 3.96. The highest BCUT2D eigenvalue weighted by molar-refractivity contribution is 5.53. The quantitative estimate of drug-likeness (QED) is 0.895.